The van der Waals surface area contributed by atoms with Gasteiger partial charge >= 0.3 is 5.97 Å². The average molecular weight is 360 g/mol. The third-order valence-electron chi connectivity index (χ3n) is 3.37. The summed E-state index contributed by atoms with van der Waals surface area (Å²) in [6.45, 7) is 1.52. The molecule has 122 valence electrons. The van der Waals surface area contributed by atoms with Crippen LogP contribution in [0.2, 0.25) is 10.0 Å². The van der Waals surface area contributed by atoms with Crippen LogP contribution >= 0.6 is 23.2 Å². The molecule has 0 radical (unpaired) electrons. The Balaban J connectivity index is 2.62. The van der Waals surface area contributed by atoms with E-state index < -0.39 is 30.1 Å². The second kappa shape index (κ2) is 6.83. The first-order chi connectivity index (χ1) is 10.7. The zero-order valence-corrected chi connectivity index (χ0v) is 13.6. The van der Waals surface area contributed by atoms with Gasteiger partial charge in [0.05, 0.1) is 16.5 Å². The van der Waals surface area contributed by atoms with Crippen molar-refractivity contribution in [2.45, 2.75) is 19.4 Å². The van der Waals surface area contributed by atoms with Crippen LogP contribution in [0.5, 0.6) is 0 Å². The fraction of sp³-hybridized carbons (Fsp3) is 0.188. The average Bonchev–Trinajstić information content (AvgIpc) is 2.40. The highest BCUT2D eigenvalue weighted by atomic mass is 35.5. The Morgan fingerprint density at radius 1 is 1.22 bits per heavy atom. The van der Waals surface area contributed by atoms with Crippen molar-refractivity contribution in [1.29, 1.82) is 0 Å². The molecule has 0 spiro atoms. The number of hydrogen-bond acceptors (Lipinski definition) is 2. The van der Waals surface area contributed by atoms with E-state index in [-0.39, 0.29) is 21.2 Å². The summed E-state index contributed by atoms with van der Waals surface area (Å²) in [6, 6.07) is 4.05. The predicted molar refractivity (Wildman–Crippen MR) is 85.7 cm³/mol. The van der Waals surface area contributed by atoms with Crippen molar-refractivity contribution in [2.24, 2.45) is 5.73 Å². The summed E-state index contributed by atoms with van der Waals surface area (Å²) in [7, 11) is 0. The standard InChI is InChI=1S/C16H13Cl2F2NO2/c1-7-2-8(15-11(17)4-9(19)5-12(15)18)3-10(16(7)20)13(21)6-14(22)23/h2-5,13H,6,21H2,1H3,(H,22,23)/t13-/m0/s1. The van der Waals surface area contributed by atoms with Crippen LogP contribution in [0.25, 0.3) is 11.1 Å². The quantitative estimate of drug-likeness (QED) is 0.829. The van der Waals surface area contributed by atoms with E-state index in [9.17, 15) is 13.6 Å². The van der Waals surface area contributed by atoms with Crippen LogP contribution in [-0.2, 0) is 4.79 Å². The second-order valence-electron chi connectivity index (χ2n) is 5.15. The molecule has 7 heteroatoms. The van der Waals surface area contributed by atoms with Crippen molar-refractivity contribution >= 4 is 29.2 Å². The highest BCUT2D eigenvalue weighted by molar-refractivity contribution is 6.39. The molecule has 0 heterocycles. The molecule has 0 saturated heterocycles. The lowest BCUT2D eigenvalue weighted by Gasteiger charge is -2.16. The van der Waals surface area contributed by atoms with Gasteiger partial charge in [-0.2, -0.15) is 0 Å². The number of benzene rings is 2. The smallest absolute Gasteiger partial charge is 0.305 e. The molecular weight excluding hydrogens is 347 g/mol. The summed E-state index contributed by atoms with van der Waals surface area (Å²) in [5.41, 5.74) is 6.84. The van der Waals surface area contributed by atoms with E-state index in [4.69, 9.17) is 34.0 Å². The molecule has 3 nitrogen and oxygen atoms in total. The Hall–Kier alpha value is -1.69. The lowest BCUT2D eigenvalue weighted by molar-refractivity contribution is -0.137. The highest BCUT2D eigenvalue weighted by Gasteiger charge is 2.20. The number of rotatable bonds is 4. The van der Waals surface area contributed by atoms with Gasteiger partial charge < -0.3 is 10.8 Å². The Labute approximate surface area is 141 Å². The van der Waals surface area contributed by atoms with Gasteiger partial charge in [-0.15, -0.1) is 0 Å². The first-order valence-electron chi connectivity index (χ1n) is 6.63. The van der Waals surface area contributed by atoms with Crippen molar-refractivity contribution in [3.05, 3.63) is 57.1 Å². The molecule has 2 aromatic carbocycles. The maximum absolute atomic E-state index is 14.3. The van der Waals surface area contributed by atoms with Crippen LogP contribution in [0.15, 0.2) is 24.3 Å². The maximum Gasteiger partial charge on any atom is 0.305 e. The summed E-state index contributed by atoms with van der Waals surface area (Å²) in [5.74, 6) is -2.32. The largest absolute Gasteiger partial charge is 0.481 e. The molecule has 0 unspecified atom stereocenters. The zero-order chi connectivity index (χ0) is 17.3. The van der Waals surface area contributed by atoms with E-state index in [1.54, 1.807) is 0 Å². The third-order valence-corrected chi connectivity index (χ3v) is 3.97. The van der Waals surface area contributed by atoms with E-state index in [0.29, 0.717) is 11.1 Å². The van der Waals surface area contributed by atoms with E-state index in [0.717, 1.165) is 12.1 Å². The minimum absolute atomic E-state index is 0.0406. The van der Waals surface area contributed by atoms with Crippen LogP contribution in [0, 0.1) is 18.6 Å². The number of hydrogen-bond donors (Lipinski definition) is 2. The summed E-state index contributed by atoms with van der Waals surface area (Å²) >= 11 is 12.1. The van der Waals surface area contributed by atoms with E-state index in [1.165, 1.54) is 19.1 Å². The molecule has 23 heavy (non-hydrogen) atoms. The molecule has 1 atom stereocenters. The van der Waals surface area contributed by atoms with Gasteiger partial charge in [-0.25, -0.2) is 8.78 Å². The van der Waals surface area contributed by atoms with Gasteiger partial charge in [-0.1, -0.05) is 23.2 Å². The Bertz CT molecular complexity index is 758. The first-order valence-corrected chi connectivity index (χ1v) is 7.38. The molecule has 0 fully saturated rings. The number of nitrogens with two attached hydrogens (primary N) is 1. The van der Waals surface area contributed by atoms with Gasteiger partial charge in [0, 0.05) is 17.2 Å². The SMILES string of the molecule is Cc1cc(-c2c(Cl)cc(F)cc2Cl)cc([C@@H](N)CC(=O)O)c1F. The summed E-state index contributed by atoms with van der Waals surface area (Å²) in [4.78, 5) is 10.8. The molecular formula is C16H13Cl2F2NO2. The van der Waals surface area contributed by atoms with Gasteiger partial charge in [0.15, 0.2) is 0 Å². The summed E-state index contributed by atoms with van der Waals surface area (Å²) < 4.78 is 27.6. The fourth-order valence-corrected chi connectivity index (χ4v) is 3.01. The van der Waals surface area contributed by atoms with Crippen molar-refractivity contribution in [3.63, 3.8) is 0 Å². The van der Waals surface area contributed by atoms with Gasteiger partial charge in [-0.05, 0) is 42.3 Å². The van der Waals surface area contributed by atoms with Crippen LogP contribution in [0.1, 0.15) is 23.6 Å². The molecule has 0 aliphatic carbocycles. The third kappa shape index (κ3) is 3.80. The fourth-order valence-electron chi connectivity index (χ4n) is 2.33. The van der Waals surface area contributed by atoms with Crippen LogP contribution in [0.3, 0.4) is 0 Å². The van der Waals surface area contributed by atoms with Crippen molar-refractivity contribution in [3.8, 4) is 11.1 Å². The number of aliphatic carboxylic acids is 1. The zero-order valence-electron chi connectivity index (χ0n) is 12.0. The molecule has 0 aromatic heterocycles. The van der Waals surface area contributed by atoms with Crippen LogP contribution in [-0.4, -0.2) is 11.1 Å². The van der Waals surface area contributed by atoms with E-state index in [1.807, 2.05) is 0 Å². The van der Waals surface area contributed by atoms with Gasteiger partial charge in [0.25, 0.3) is 0 Å². The van der Waals surface area contributed by atoms with Crippen LogP contribution in [0.4, 0.5) is 8.78 Å². The highest BCUT2D eigenvalue weighted by Crippen LogP contribution is 2.38. The number of carbonyl (C=O) groups is 1. The normalized spacial score (nSPS) is 12.3. The lowest BCUT2D eigenvalue weighted by Crippen LogP contribution is -2.17. The summed E-state index contributed by atoms with van der Waals surface area (Å²) in [6.07, 6.45) is -0.426. The summed E-state index contributed by atoms with van der Waals surface area (Å²) in [5, 5.41) is 8.96. The lowest BCUT2D eigenvalue weighted by atomic mass is 9.95. The molecule has 3 N–H and O–H groups in total. The van der Waals surface area contributed by atoms with E-state index >= 15 is 0 Å². The first kappa shape index (κ1) is 17.7. The maximum atomic E-state index is 14.3. The number of carboxylic acid groups (broad SMARTS) is 1. The topological polar surface area (TPSA) is 63.3 Å². The molecule has 2 rings (SSSR count). The molecule has 2 aromatic rings. The van der Waals surface area contributed by atoms with Crippen LogP contribution < -0.4 is 5.73 Å². The van der Waals surface area contributed by atoms with Gasteiger partial charge in [-0.3, -0.25) is 4.79 Å². The Morgan fingerprint density at radius 2 is 1.78 bits per heavy atom. The number of halogens is 4. The molecule has 0 bridgehead atoms. The predicted octanol–water partition coefficient (Wildman–Crippen LogP) is 4.72. The Morgan fingerprint density at radius 3 is 2.30 bits per heavy atom. The Kier molecular flexibility index (Phi) is 5.24. The minimum atomic E-state index is -1.14. The van der Waals surface area contributed by atoms with Crippen molar-refractivity contribution in [2.75, 3.05) is 0 Å². The van der Waals surface area contributed by atoms with E-state index in [2.05, 4.69) is 0 Å². The van der Waals surface area contributed by atoms with Gasteiger partial charge in [0.1, 0.15) is 11.6 Å². The number of carboxylic acids is 1. The molecule has 0 aliphatic rings. The monoisotopic (exact) mass is 359 g/mol. The molecule has 0 aliphatic heterocycles. The minimum Gasteiger partial charge on any atom is -0.481 e. The van der Waals surface area contributed by atoms with Crippen molar-refractivity contribution in [1.82, 2.24) is 0 Å². The molecule has 0 saturated carbocycles. The molecule has 0 amide bonds. The second-order valence-corrected chi connectivity index (χ2v) is 5.96. The van der Waals surface area contributed by atoms with Gasteiger partial charge in [0.2, 0.25) is 0 Å². The number of aryl methyl sites for hydroxylation is 1. The van der Waals surface area contributed by atoms with Crippen molar-refractivity contribution < 1.29 is 18.7 Å².